The second kappa shape index (κ2) is 12.9. The molecule has 2 aliphatic rings. The van der Waals surface area contributed by atoms with Crippen molar-refractivity contribution >= 4 is 51.7 Å². The summed E-state index contributed by atoms with van der Waals surface area (Å²) in [5.41, 5.74) is 7.06. The highest BCUT2D eigenvalue weighted by Crippen LogP contribution is 2.34. The van der Waals surface area contributed by atoms with Crippen LogP contribution in [0.4, 0.5) is 5.69 Å². The minimum atomic E-state index is -0.929. The van der Waals surface area contributed by atoms with Crippen molar-refractivity contribution in [3.05, 3.63) is 76.8 Å². The molecule has 4 amide bonds. The number of fused-ring (bicyclic) bond motifs is 3. The number of carbonyl (C=O) groups excluding carboxylic acids is 4. The predicted molar refractivity (Wildman–Crippen MR) is 160 cm³/mol. The number of nitrogens with two attached hydrogens (primary N) is 1. The van der Waals surface area contributed by atoms with Crippen molar-refractivity contribution in [2.45, 2.75) is 43.9 Å². The van der Waals surface area contributed by atoms with Gasteiger partial charge in [0.2, 0.25) is 17.7 Å². The van der Waals surface area contributed by atoms with Crippen LogP contribution >= 0.6 is 11.6 Å². The van der Waals surface area contributed by atoms with E-state index in [2.05, 4.69) is 10.6 Å². The molecule has 10 nitrogen and oxygen atoms in total. The van der Waals surface area contributed by atoms with Crippen LogP contribution in [-0.4, -0.2) is 78.0 Å². The zero-order valence-electron chi connectivity index (χ0n) is 23.1. The average molecular weight is 592 g/mol. The number of aliphatic hydroxyl groups is 1. The summed E-state index contributed by atoms with van der Waals surface area (Å²) >= 11 is 6.19. The lowest BCUT2D eigenvalue weighted by Gasteiger charge is -2.26. The van der Waals surface area contributed by atoms with Crippen LogP contribution in [0.25, 0.3) is 10.8 Å². The fourth-order valence-electron chi connectivity index (χ4n) is 5.58. The van der Waals surface area contributed by atoms with E-state index in [1.807, 2.05) is 42.5 Å². The monoisotopic (exact) mass is 591 g/mol. The second-order valence-electron chi connectivity index (χ2n) is 10.7. The van der Waals surface area contributed by atoms with Crippen molar-refractivity contribution < 1.29 is 24.3 Å². The number of benzene rings is 3. The maximum absolute atomic E-state index is 13.6. The summed E-state index contributed by atoms with van der Waals surface area (Å²) in [4.78, 5) is 56.2. The average Bonchev–Trinajstić information content (AvgIpc) is 3.47. The van der Waals surface area contributed by atoms with Gasteiger partial charge < -0.3 is 31.3 Å². The summed E-state index contributed by atoms with van der Waals surface area (Å²) in [5.74, 6) is -1.38. The third-order valence-corrected chi connectivity index (χ3v) is 8.03. The summed E-state index contributed by atoms with van der Waals surface area (Å²) in [6.07, 6.45) is 0.485. The Morgan fingerprint density at radius 2 is 1.86 bits per heavy atom. The van der Waals surface area contributed by atoms with E-state index >= 15 is 0 Å². The highest BCUT2D eigenvalue weighted by molar-refractivity contribution is 6.31. The van der Waals surface area contributed by atoms with Gasteiger partial charge in [-0.05, 0) is 47.4 Å². The number of nitrogens with zero attached hydrogens (tertiary/aromatic N) is 2. The van der Waals surface area contributed by atoms with Crippen molar-refractivity contribution in [2.24, 2.45) is 5.73 Å². The number of anilines is 1. The van der Waals surface area contributed by atoms with Crippen molar-refractivity contribution in [3.63, 3.8) is 0 Å². The van der Waals surface area contributed by atoms with Gasteiger partial charge in [-0.15, -0.1) is 0 Å². The SMILES string of the molecule is NC[C@@H](O)CNC(=O)C(Cc1ccc2ccccc2c1)NC(=O)CCN1C(=O)C2CCCN2C(=O)c2cc(Cl)ccc21. The molecule has 2 unspecified atom stereocenters. The Morgan fingerprint density at radius 3 is 2.64 bits per heavy atom. The molecule has 0 spiro atoms. The minimum absolute atomic E-state index is 0.0144. The predicted octanol–water partition coefficient (Wildman–Crippen LogP) is 2.00. The highest BCUT2D eigenvalue weighted by Gasteiger charge is 2.42. The number of aliphatic hydroxyl groups excluding tert-OH is 1. The molecule has 1 fully saturated rings. The van der Waals surface area contributed by atoms with Gasteiger partial charge in [-0.1, -0.05) is 54.1 Å². The molecule has 2 heterocycles. The van der Waals surface area contributed by atoms with E-state index in [0.717, 1.165) is 22.8 Å². The molecule has 11 heteroatoms. The molecular formula is C31H34ClN5O5. The third-order valence-electron chi connectivity index (χ3n) is 7.80. The molecule has 5 N–H and O–H groups in total. The van der Waals surface area contributed by atoms with Crippen LogP contribution in [0.5, 0.6) is 0 Å². The van der Waals surface area contributed by atoms with Gasteiger partial charge in [0.05, 0.1) is 17.4 Å². The first kappa shape index (κ1) is 29.5. The van der Waals surface area contributed by atoms with Crippen molar-refractivity contribution in [1.82, 2.24) is 15.5 Å². The minimum Gasteiger partial charge on any atom is -0.390 e. The lowest BCUT2D eigenvalue weighted by molar-refractivity contribution is -0.129. The first-order valence-electron chi connectivity index (χ1n) is 14.1. The molecule has 0 aromatic heterocycles. The van der Waals surface area contributed by atoms with Crippen LogP contribution in [0.15, 0.2) is 60.7 Å². The van der Waals surface area contributed by atoms with Crippen LogP contribution in [0.1, 0.15) is 35.2 Å². The van der Waals surface area contributed by atoms with Gasteiger partial charge in [-0.3, -0.25) is 19.2 Å². The molecule has 1 saturated heterocycles. The number of carbonyl (C=O) groups is 4. The van der Waals surface area contributed by atoms with Gasteiger partial charge >= 0.3 is 0 Å². The Hall–Kier alpha value is -3.99. The van der Waals surface area contributed by atoms with E-state index in [4.69, 9.17) is 17.3 Å². The molecule has 5 rings (SSSR count). The normalized spacial score (nSPS) is 17.8. The Kier molecular flexibility index (Phi) is 9.06. The Morgan fingerprint density at radius 1 is 1.07 bits per heavy atom. The largest absolute Gasteiger partial charge is 0.390 e. The molecular weight excluding hydrogens is 558 g/mol. The number of halogens is 1. The zero-order valence-corrected chi connectivity index (χ0v) is 23.8. The van der Waals surface area contributed by atoms with E-state index in [9.17, 15) is 24.3 Å². The first-order chi connectivity index (χ1) is 20.2. The van der Waals surface area contributed by atoms with Gasteiger partial charge in [0.1, 0.15) is 12.1 Å². The van der Waals surface area contributed by atoms with E-state index < -0.39 is 30.0 Å². The highest BCUT2D eigenvalue weighted by atomic mass is 35.5. The summed E-state index contributed by atoms with van der Waals surface area (Å²) in [6, 6.07) is 17.0. The Labute approximate surface area is 248 Å². The molecule has 0 aliphatic carbocycles. The first-order valence-corrected chi connectivity index (χ1v) is 14.5. The van der Waals surface area contributed by atoms with E-state index in [-0.39, 0.29) is 44.3 Å². The molecule has 0 radical (unpaired) electrons. The van der Waals surface area contributed by atoms with E-state index in [0.29, 0.717) is 29.2 Å². The van der Waals surface area contributed by atoms with Gasteiger partial charge in [-0.25, -0.2) is 0 Å². The van der Waals surface area contributed by atoms with Crippen LogP contribution in [-0.2, 0) is 20.8 Å². The molecule has 3 aromatic rings. The van der Waals surface area contributed by atoms with Crippen LogP contribution in [0, 0.1) is 0 Å². The van der Waals surface area contributed by atoms with Crippen molar-refractivity contribution in [3.8, 4) is 0 Å². The smallest absolute Gasteiger partial charge is 0.256 e. The van der Waals surface area contributed by atoms with Gasteiger partial charge in [0.25, 0.3) is 5.91 Å². The molecule has 42 heavy (non-hydrogen) atoms. The number of rotatable bonds is 10. The lowest BCUT2D eigenvalue weighted by Crippen LogP contribution is -2.51. The van der Waals surface area contributed by atoms with Crippen LogP contribution in [0.3, 0.4) is 0 Å². The Balaban J connectivity index is 1.32. The number of amides is 4. The van der Waals surface area contributed by atoms with E-state index in [1.165, 1.54) is 4.90 Å². The molecule has 2 aliphatic heterocycles. The molecule has 3 atom stereocenters. The molecule has 220 valence electrons. The van der Waals surface area contributed by atoms with Crippen LogP contribution < -0.4 is 21.3 Å². The number of nitrogens with one attached hydrogen (secondary N) is 2. The standard InChI is InChI=1S/C31H34ClN5O5/c32-22-9-10-26-24(16-22)30(41)36-12-3-6-27(36)31(42)37(26)13-11-28(39)35-25(29(40)34-18-23(38)17-33)15-19-7-8-20-4-1-2-5-21(20)14-19/h1-2,4-5,7-10,14,16,23,25,27,38H,3,6,11-13,15,17-18,33H2,(H,34,40)(H,35,39)/t23-,25?,27?/m1/s1. The summed E-state index contributed by atoms with van der Waals surface area (Å²) in [7, 11) is 0. The Bertz CT molecular complexity index is 1510. The van der Waals surface area contributed by atoms with Crippen molar-refractivity contribution in [1.29, 1.82) is 0 Å². The molecule has 0 bridgehead atoms. The van der Waals surface area contributed by atoms with Gasteiger partial charge in [-0.2, -0.15) is 0 Å². The lowest BCUT2D eigenvalue weighted by atomic mass is 10.0. The quantitative estimate of drug-likeness (QED) is 0.284. The number of hydrogen-bond donors (Lipinski definition) is 4. The van der Waals surface area contributed by atoms with E-state index in [1.54, 1.807) is 23.1 Å². The fraction of sp³-hybridized carbons (Fsp3) is 0.355. The molecule has 3 aromatic carbocycles. The topological polar surface area (TPSA) is 145 Å². The van der Waals surface area contributed by atoms with Gasteiger partial charge in [0, 0.05) is 44.0 Å². The summed E-state index contributed by atoms with van der Waals surface area (Å²) < 4.78 is 0. The van der Waals surface area contributed by atoms with Crippen molar-refractivity contribution in [2.75, 3.05) is 31.1 Å². The fourth-order valence-corrected chi connectivity index (χ4v) is 5.75. The summed E-state index contributed by atoms with van der Waals surface area (Å²) in [5, 5.41) is 17.8. The maximum Gasteiger partial charge on any atom is 0.256 e. The maximum atomic E-state index is 13.6. The third kappa shape index (κ3) is 6.41. The van der Waals surface area contributed by atoms with Gasteiger partial charge in [0.15, 0.2) is 0 Å². The summed E-state index contributed by atoms with van der Waals surface area (Å²) in [6.45, 7) is 0.444. The number of hydrogen-bond acceptors (Lipinski definition) is 6. The second-order valence-corrected chi connectivity index (χ2v) is 11.1. The van der Waals surface area contributed by atoms with Crippen LogP contribution in [0.2, 0.25) is 5.02 Å². The molecule has 0 saturated carbocycles. The zero-order chi connectivity index (χ0) is 29.8.